The molecule has 3 N–H and O–H groups in total. The van der Waals surface area contributed by atoms with Crippen LogP contribution < -0.4 is 0 Å². The number of carboxylic acids is 1. The van der Waals surface area contributed by atoms with Gasteiger partial charge in [0.25, 0.3) is 6.47 Å². The van der Waals surface area contributed by atoms with Crippen molar-refractivity contribution < 1.29 is 37.0 Å². The summed E-state index contributed by atoms with van der Waals surface area (Å²) in [5.41, 5.74) is 0. The lowest BCUT2D eigenvalue weighted by Crippen LogP contribution is -2.44. The second kappa shape index (κ2) is 8.50. The molecule has 2 rings (SSSR count). The summed E-state index contributed by atoms with van der Waals surface area (Å²) in [5, 5.41) is 8.10. The Labute approximate surface area is 144 Å². The predicted molar refractivity (Wildman–Crippen MR) is 85.9 cm³/mol. The maximum atomic E-state index is 11.7. The summed E-state index contributed by atoms with van der Waals surface area (Å²) in [6.45, 7) is 0.299. The first kappa shape index (κ1) is 19.5. The van der Waals surface area contributed by atoms with E-state index in [9.17, 15) is 32.2 Å². The first-order chi connectivity index (χ1) is 11.3. The van der Waals surface area contributed by atoms with Gasteiger partial charge in [0.2, 0.25) is 0 Å². The van der Waals surface area contributed by atoms with Crippen LogP contribution in [0.25, 0.3) is 0 Å². The van der Waals surface area contributed by atoms with Crippen LogP contribution in [-0.2, 0) is 36.5 Å². The van der Waals surface area contributed by atoms with Crippen molar-refractivity contribution in [1.29, 1.82) is 0 Å². The Morgan fingerprint density at radius 1 is 1.04 bits per heavy atom. The Morgan fingerprint density at radius 3 is 2.29 bits per heavy atom. The molecular weight excluding hydrogens is 360 g/mol. The van der Waals surface area contributed by atoms with Crippen LogP contribution in [0.4, 0.5) is 0 Å². The van der Waals surface area contributed by atoms with Crippen LogP contribution in [-0.4, -0.2) is 51.7 Å². The van der Waals surface area contributed by atoms with Gasteiger partial charge in [-0.3, -0.25) is 9.59 Å². The molecule has 2 fully saturated rings. The van der Waals surface area contributed by atoms with Crippen LogP contribution in [0.5, 0.6) is 0 Å². The lowest BCUT2D eigenvalue weighted by atomic mass is 9.69. The first-order valence-corrected chi connectivity index (χ1v) is 10.2. The second-order valence-corrected chi connectivity index (χ2v) is 8.92. The molecule has 0 aromatic rings. The van der Waals surface area contributed by atoms with Gasteiger partial charge in [-0.15, -0.1) is 0 Å². The van der Waals surface area contributed by atoms with Crippen molar-refractivity contribution in [1.82, 2.24) is 0 Å². The van der Waals surface area contributed by atoms with E-state index in [1.807, 2.05) is 0 Å². The molecule has 0 bridgehead atoms. The fourth-order valence-electron chi connectivity index (χ4n) is 4.11. The molecule has 2 aliphatic rings. The van der Waals surface area contributed by atoms with Gasteiger partial charge in [-0.1, -0.05) is 0 Å². The van der Waals surface area contributed by atoms with Crippen LogP contribution in [0.1, 0.15) is 38.5 Å². The summed E-state index contributed by atoms with van der Waals surface area (Å²) in [4.78, 5) is 21.9. The number of aliphatic carboxylic acids is 1. The minimum Gasteiger partial charge on any atom is -0.481 e. The number of carbonyl (C=O) groups excluding carboxylic acids is 1. The largest absolute Gasteiger partial charge is 0.481 e. The molecule has 138 valence electrons. The first-order valence-electron chi connectivity index (χ1n) is 7.84. The summed E-state index contributed by atoms with van der Waals surface area (Å²) in [7, 11) is 0. The average molecular weight is 382 g/mol. The van der Waals surface area contributed by atoms with Crippen LogP contribution in [0, 0.1) is 17.8 Å². The van der Waals surface area contributed by atoms with Crippen molar-refractivity contribution in [3.63, 3.8) is 0 Å². The number of ether oxygens (including phenoxy) is 1. The number of carboxylic acid groups (broad SMARTS) is 1. The molecule has 24 heavy (non-hydrogen) atoms. The van der Waals surface area contributed by atoms with Crippen molar-refractivity contribution in [2.75, 3.05) is 0 Å². The zero-order chi connectivity index (χ0) is 17.9. The topological polar surface area (TPSA) is 138 Å². The number of hydrogen-bond donors (Lipinski definition) is 3. The molecule has 0 aliphatic heterocycles. The Bertz CT molecular complexity index is 525. The molecule has 8 unspecified atom stereocenters. The fourth-order valence-corrected chi connectivity index (χ4v) is 5.87. The lowest BCUT2D eigenvalue weighted by molar-refractivity contribution is -0.143. The van der Waals surface area contributed by atoms with E-state index in [0.29, 0.717) is 32.2 Å². The number of hydrogen-bond acceptors (Lipinski definition) is 5. The van der Waals surface area contributed by atoms with E-state index in [1.54, 1.807) is 0 Å². The van der Waals surface area contributed by atoms with Crippen LogP contribution in [0.3, 0.4) is 0 Å². The maximum absolute atomic E-state index is 11.7. The van der Waals surface area contributed by atoms with E-state index < -0.39 is 50.7 Å². The van der Waals surface area contributed by atoms with E-state index in [-0.39, 0.29) is 24.7 Å². The molecule has 0 radical (unpaired) electrons. The van der Waals surface area contributed by atoms with E-state index in [2.05, 4.69) is 0 Å². The third-order valence-electron chi connectivity index (χ3n) is 5.24. The van der Waals surface area contributed by atoms with E-state index in [0.717, 1.165) is 0 Å². The van der Waals surface area contributed by atoms with Crippen LogP contribution in [0.15, 0.2) is 0 Å². The summed E-state index contributed by atoms with van der Waals surface area (Å²) in [6.07, 6.45) is 1.44. The second-order valence-electron chi connectivity index (χ2n) is 6.55. The Morgan fingerprint density at radius 2 is 1.75 bits per heavy atom. The van der Waals surface area contributed by atoms with E-state index in [4.69, 9.17) is 4.74 Å². The van der Waals surface area contributed by atoms with E-state index in [1.165, 1.54) is 0 Å². The SMILES string of the molecule is O=COC1CC(C2CC(C(=O)O)CCC2S(=O)O)CC(S(=O)O)C1. The highest BCUT2D eigenvalue weighted by molar-refractivity contribution is 7.80. The molecule has 0 spiro atoms. The van der Waals surface area contributed by atoms with Gasteiger partial charge in [-0.25, -0.2) is 8.42 Å². The van der Waals surface area contributed by atoms with Crippen molar-refractivity contribution >= 4 is 34.6 Å². The normalized spacial score (nSPS) is 39.6. The molecule has 0 aromatic heterocycles. The van der Waals surface area contributed by atoms with Gasteiger partial charge in [0.15, 0.2) is 22.2 Å². The zero-order valence-electron chi connectivity index (χ0n) is 13.0. The summed E-state index contributed by atoms with van der Waals surface area (Å²) < 4.78 is 47.1. The molecule has 0 saturated heterocycles. The van der Waals surface area contributed by atoms with Gasteiger partial charge in [0.05, 0.1) is 16.4 Å². The summed E-state index contributed by atoms with van der Waals surface area (Å²) in [6, 6.07) is 0. The van der Waals surface area contributed by atoms with Gasteiger partial charge >= 0.3 is 5.97 Å². The van der Waals surface area contributed by atoms with Gasteiger partial charge in [-0.05, 0) is 43.9 Å². The summed E-state index contributed by atoms with van der Waals surface area (Å²) >= 11 is -4.18. The molecule has 0 amide bonds. The Balaban J connectivity index is 2.21. The predicted octanol–water partition coefficient (Wildman–Crippen LogP) is 1.01. The van der Waals surface area contributed by atoms with Crippen molar-refractivity contribution in [2.24, 2.45) is 17.8 Å². The van der Waals surface area contributed by atoms with Crippen molar-refractivity contribution in [2.45, 2.75) is 55.1 Å². The quantitative estimate of drug-likeness (QED) is 0.457. The fraction of sp³-hybridized carbons (Fsp3) is 0.857. The minimum atomic E-state index is -2.09. The molecule has 2 aliphatic carbocycles. The lowest BCUT2D eigenvalue weighted by Gasteiger charge is -2.42. The third-order valence-corrected chi connectivity index (χ3v) is 7.30. The van der Waals surface area contributed by atoms with Gasteiger partial charge in [0, 0.05) is 6.42 Å². The molecule has 0 heterocycles. The highest BCUT2D eigenvalue weighted by atomic mass is 32.2. The Kier molecular flexibility index (Phi) is 6.90. The van der Waals surface area contributed by atoms with Crippen LogP contribution >= 0.6 is 0 Å². The third kappa shape index (κ3) is 4.62. The smallest absolute Gasteiger partial charge is 0.306 e. The molecule has 10 heteroatoms. The van der Waals surface area contributed by atoms with Gasteiger partial charge in [0.1, 0.15) is 6.10 Å². The maximum Gasteiger partial charge on any atom is 0.306 e. The summed E-state index contributed by atoms with van der Waals surface area (Å²) in [5.74, 6) is -2.09. The molecular formula is C14H22O8S2. The minimum absolute atomic E-state index is 0.229. The van der Waals surface area contributed by atoms with Crippen molar-refractivity contribution in [3.8, 4) is 0 Å². The Hall–Kier alpha value is -0.840. The average Bonchev–Trinajstić information content (AvgIpc) is 2.54. The number of carbonyl (C=O) groups is 2. The van der Waals surface area contributed by atoms with E-state index >= 15 is 0 Å². The number of rotatable bonds is 6. The highest BCUT2D eigenvalue weighted by Gasteiger charge is 2.44. The van der Waals surface area contributed by atoms with Crippen molar-refractivity contribution in [3.05, 3.63) is 0 Å². The molecule has 8 atom stereocenters. The molecule has 8 nitrogen and oxygen atoms in total. The molecule has 2 saturated carbocycles. The van der Waals surface area contributed by atoms with Gasteiger partial charge < -0.3 is 18.9 Å². The highest BCUT2D eigenvalue weighted by Crippen LogP contribution is 2.43. The monoisotopic (exact) mass is 382 g/mol. The standard InChI is InChI=1S/C14H22O8S2/c15-7-22-10-3-9(4-11(6-10)23(18)19)12-5-8(14(16)17)1-2-13(12)24(20)21/h7-13H,1-6H2,(H,16,17)(H,18,19)(H,20,21). The van der Waals surface area contributed by atoms with Gasteiger partial charge in [-0.2, -0.15) is 0 Å². The molecule has 0 aromatic carbocycles. The zero-order valence-corrected chi connectivity index (χ0v) is 14.6. The van der Waals surface area contributed by atoms with Crippen LogP contribution in [0.2, 0.25) is 0 Å².